The molecule has 0 aromatic heterocycles. The maximum absolute atomic E-state index is 12.3. The summed E-state index contributed by atoms with van der Waals surface area (Å²) >= 11 is 0. The molecule has 4 aromatic rings. The second kappa shape index (κ2) is 23.2. The molecule has 0 atom stereocenters. The van der Waals surface area contributed by atoms with E-state index < -0.39 is 41.3 Å². The fourth-order valence-corrected chi connectivity index (χ4v) is 29.1. The van der Waals surface area contributed by atoms with Crippen LogP contribution in [0.2, 0.25) is 44.3 Å². The number of hydrogen-bond donors (Lipinski definition) is 4. The average Bonchev–Trinajstić information content (AvgIpc) is 3.26. The summed E-state index contributed by atoms with van der Waals surface area (Å²) in [6.07, 6.45) is 7.01. The predicted octanol–water partition coefficient (Wildman–Crippen LogP) is 9.90. The molecule has 0 bridgehead atoms. The summed E-state index contributed by atoms with van der Waals surface area (Å²) in [4.78, 5) is 49.0. The van der Waals surface area contributed by atoms with E-state index >= 15 is 0 Å². The molecule has 0 aliphatic rings. The van der Waals surface area contributed by atoms with Gasteiger partial charge in [0.05, 0.1) is 0 Å². The Kier molecular flexibility index (Phi) is 20.4. The lowest BCUT2D eigenvalue weighted by molar-refractivity contribution is 0.512. The molecular formula is C55H92O4Si5. The largest absolute Gasteiger partial charge is 0.427 e. The highest BCUT2D eigenvalue weighted by atomic mass is 28.4. The first-order chi connectivity index (χ1) is 29.8. The molecule has 0 fully saturated rings. The maximum Gasteiger partial charge on any atom is 0.225 e. The summed E-state index contributed by atoms with van der Waals surface area (Å²) in [5, 5.41) is 9.07. The van der Waals surface area contributed by atoms with Crippen molar-refractivity contribution in [2.75, 3.05) is 0 Å². The number of rotatable bonds is 20. The zero-order chi connectivity index (χ0) is 48.6. The van der Waals surface area contributed by atoms with Crippen molar-refractivity contribution in [2.45, 2.75) is 201 Å². The minimum absolute atomic E-state index is 0.164. The summed E-state index contributed by atoms with van der Waals surface area (Å²) in [5.74, 6) is 0. The van der Waals surface area contributed by atoms with Crippen LogP contribution in [0.1, 0.15) is 157 Å². The van der Waals surface area contributed by atoms with Gasteiger partial charge in [-0.3, -0.25) is 0 Å². The van der Waals surface area contributed by atoms with Crippen molar-refractivity contribution in [3.05, 3.63) is 97.1 Å². The molecule has 0 radical (unpaired) electrons. The molecule has 4 N–H and O–H groups in total. The molecule has 4 nitrogen and oxygen atoms in total. The first-order valence-corrected chi connectivity index (χ1v) is 35.5. The first kappa shape index (κ1) is 56.1. The van der Waals surface area contributed by atoms with Crippen molar-refractivity contribution in [1.29, 1.82) is 0 Å². The van der Waals surface area contributed by atoms with Gasteiger partial charge in [-0.15, -0.1) is 0 Å². The van der Waals surface area contributed by atoms with E-state index in [0.29, 0.717) is 0 Å². The maximum atomic E-state index is 12.3. The smallest absolute Gasteiger partial charge is 0.225 e. The fraction of sp³-hybridized carbons (Fsp3) is 0.564. The Morgan fingerprint density at radius 3 is 0.531 bits per heavy atom. The Balaban J connectivity index is 0.00000143. The lowest BCUT2D eigenvalue weighted by atomic mass is 10.2. The van der Waals surface area contributed by atoms with E-state index in [4.69, 9.17) is 0 Å². The minimum atomic E-state index is -3.11. The zero-order valence-electron chi connectivity index (χ0n) is 43.7. The molecule has 0 aliphatic carbocycles. The molecule has 0 aliphatic heterocycles. The average molecular weight is 958 g/mol. The molecular weight excluding hydrogens is 865 g/mol. The standard InChI is InChI=1S/C48H76O4Si5.C7H16/c1-33(2)54(49,34(3)4)45-25-17-41(18-26-45)53(42-19-27-46(28-20-42)55(50,35(5)6)36(7)8,43-21-29-47(30-22-43)56(51,37(9)10)38(11)12)44-23-31-48(32-24-44)57(52,39(13)14)40(15)16;1-3-5-7-6-4-2/h17-40,49-52H,1-16H3;3-7H2,1-2H3. The van der Waals surface area contributed by atoms with Gasteiger partial charge in [0.2, 0.25) is 33.3 Å². The molecule has 4 aromatic carbocycles. The summed E-state index contributed by atoms with van der Waals surface area (Å²) < 4.78 is 0. The van der Waals surface area contributed by atoms with Gasteiger partial charge >= 0.3 is 0 Å². The van der Waals surface area contributed by atoms with Crippen LogP contribution in [-0.4, -0.2) is 60.5 Å². The topological polar surface area (TPSA) is 80.9 Å². The monoisotopic (exact) mass is 957 g/mol. The van der Waals surface area contributed by atoms with E-state index in [1.54, 1.807) is 0 Å². The summed E-state index contributed by atoms with van der Waals surface area (Å²) in [5.41, 5.74) is 1.31. The third-order valence-electron chi connectivity index (χ3n) is 15.4. The van der Waals surface area contributed by atoms with Gasteiger partial charge in [0.25, 0.3) is 0 Å². The highest BCUT2D eigenvalue weighted by molar-refractivity contribution is 7.20. The molecule has 0 amide bonds. The molecule has 0 heterocycles. The Morgan fingerprint density at radius 1 is 0.266 bits per heavy atom. The van der Waals surface area contributed by atoms with Crippen LogP contribution in [0.3, 0.4) is 0 Å². The van der Waals surface area contributed by atoms with Crippen LogP contribution in [0.4, 0.5) is 0 Å². The van der Waals surface area contributed by atoms with Gasteiger partial charge in [-0.1, -0.05) is 254 Å². The SMILES string of the molecule is CC(C)[Si](O)(c1ccc([Si](c2ccc([Si](O)(C(C)C)C(C)C)cc2)(c2ccc([Si](O)(C(C)C)C(C)C)cc2)c2ccc([Si](O)(C(C)C)C(C)C)cc2)cc1)C(C)C.CCCCCCC. The van der Waals surface area contributed by atoms with Gasteiger partial charge in [-0.2, -0.15) is 0 Å². The van der Waals surface area contributed by atoms with Gasteiger partial charge in [0, 0.05) is 0 Å². The van der Waals surface area contributed by atoms with Gasteiger partial charge in [-0.05, 0) is 85.8 Å². The second-order valence-corrected chi connectivity index (χ2v) is 43.6. The number of hydrogen-bond acceptors (Lipinski definition) is 4. The van der Waals surface area contributed by atoms with Crippen molar-refractivity contribution in [3.8, 4) is 0 Å². The van der Waals surface area contributed by atoms with Crippen LogP contribution in [-0.2, 0) is 0 Å². The third kappa shape index (κ3) is 10.9. The molecule has 356 valence electrons. The van der Waals surface area contributed by atoms with Crippen LogP contribution in [0.5, 0.6) is 0 Å². The van der Waals surface area contributed by atoms with Crippen LogP contribution in [0, 0.1) is 0 Å². The Labute approximate surface area is 397 Å². The predicted molar refractivity (Wildman–Crippen MR) is 296 cm³/mol. The number of unbranched alkanes of at least 4 members (excludes halogenated alkanes) is 4. The third-order valence-corrected chi connectivity index (χ3v) is 39.3. The van der Waals surface area contributed by atoms with Crippen molar-refractivity contribution < 1.29 is 19.2 Å². The Bertz CT molecular complexity index is 1670. The molecule has 0 spiro atoms. The van der Waals surface area contributed by atoms with Gasteiger partial charge in [-0.25, -0.2) is 0 Å². The van der Waals surface area contributed by atoms with E-state index in [0.717, 1.165) is 20.7 Å². The van der Waals surface area contributed by atoms with E-state index in [2.05, 4.69) is 222 Å². The first-order valence-electron chi connectivity index (χ1n) is 25.1. The van der Waals surface area contributed by atoms with Crippen LogP contribution < -0.4 is 41.5 Å². The molecule has 0 unspecified atom stereocenters. The highest BCUT2D eigenvalue weighted by Gasteiger charge is 2.47. The Hall–Kier alpha value is -2.20. The normalized spacial score (nSPS) is 13.3. The molecule has 0 saturated heterocycles. The molecule has 4 rings (SSSR count). The molecule has 0 saturated carbocycles. The lowest BCUT2D eigenvalue weighted by Crippen LogP contribution is -2.75. The van der Waals surface area contributed by atoms with E-state index in [1.807, 2.05) is 0 Å². The minimum Gasteiger partial charge on any atom is -0.427 e. The van der Waals surface area contributed by atoms with Crippen molar-refractivity contribution in [2.24, 2.45) is 0 Å². The summed E-state index contributed by atoms with van der Waals surface area (Å²) in [6, 6.07) is 35.9. The van der Waals surface area contributed by atoms with E-state index in [1.165, 1.54) is 52.9 Å². The lowest BCUT2D eigenvalue weighted by Gasteiger charge is -2.39. The summed E-state index contributed by atoms with van der Waals surface area (Å²) in [7, 11) is -14.3. The van der Waals surface area contributed by atoms with Gasteiger partial charge in [0.15, 0.2) is 8.07 Å². The molecule has 64 heavy (non-hydrogen) atoms. The van der Waals surface area contributed by atoms with Crippen LogP contribution >= 0.6 is 0 Å². The molecule has 9 heteroatoms. The van der Waals surface area contributed by atoms with E-state index in [9.17, 15) is 19.2 Å². The van der Waals surface area contributed by atoms with Crippen molar-refractivity contribution >= 4 is 82.8 Å². The van der Waals surface area contributed by atoms with Crippen LogP contribution in [0.15, 0.2) is 97.1 Å². The van der Waals surface area contributed by atoms with Crippen molar-refractivity contribution in [1.82, 2.24) is 0 Å². The highest BCUT2D eigenvalue weighted by Crippen LogP contribution is 2.33. The van der Waals surface area contributed by atoms with E-state index in [-0.39, 0.29) is 44.3 Å². The van der Waals surface area contributed by atoms with Crippen molar-refractivity contribution in [3.63, 3.8) is 0 Å². The zero-order valence-corrected chi connectivity index (χ0v) is 48.7. The summed E-state index contributed by atoms with van der Waals surface area (Å²) in [6.45, 7) is 38.9. The fourth-order valence-electron chi connectivity index (χ4n) is 11.0. The van der Waals surface area contributed by atoms with Crippen LogP contribution in [0.25, 0.3) is 0 Å². The van der Waals surface area contributed by atoms with Gasteiger partial charge < -0.3 is 19.2 Å². The van der Waals surface area contributed by atoms with Gasteiger partial charge in [0.1, 0.15) is 0 Å². The quantitative estimate of drug-likeness (QED) is 0.0404. The number of benzene rings is 4. The Morgan fingerprint density at radius 2 is 0.406 bits per heavy atom. The second-order valence-electron chi connectivity index (χ2n) is 21.7.